The summed E-state index contributed by atoms with van der Waals surface area (Å²) in [6.45, 7) is 3.27. The molecule has 0 unspecified atom stereocenters. The van der Waals surface area contributed by atoms with Crippen molar-refractivity contribution in [1.29, 1.82) is 0 Å². The van der Waals surface area contributed by atoms with Crippen LogP contribution in [0.1, 0.15) is 24.6 Å². The van der Waals surface area contributed by atoms with Gasteiger partial charge in [0.2, 0.25) is 0 Å². The molecular weight excluding hydrogens is 305 g/mol. The maximum atomic E-state index is 12.8. The fourth-order valence-corrected chi connectivity index (χ4v) is 2.02. The van der Waals surface area contributed by atoms with E-state index in [9.17, 15) is 13.2 Å². The van der Waals surface area contributed by atoms with E-state index in [1.165, 1.54) is 16.9 Å². The summed E-state index contributed by atoms with van der Waals surface area (Å²) in [5.41, 5.74) is 0.0341. The fraction of sp³-hybridized carbons (Fsp3) is 0.385. The average Bonchev–Trinajstić information content (AvgIpc) is 2.86. The lowest BCUT2D eigenvalue weighted by atomic mass is 10.2. The molecule has 8 heteroatoms. The van der Waals surface area contributed by atoms with Crippen LogP contribution in [0.25, 0.3) is 5.69 Å². The predicted molar refractivity (Wildman–Crippen MR) is 73.4 cm³/mol. The minimum absolute atomic E-state index is 0.164. The number of alkyl halides is 3. The third-order valence-electron chi connectivity index (χ3n) is 2.85. The van der Waals surface area contributed by atoms with Crippen molar-refractivity contribution in [1.82, 2.24) is 20.3 Å². The van der Waals surface area contributed by atoms with E-state index in [1.807, 2.05) is 6.92 Å². The van der Waals surface area contributed by atoms with Crippen LogP contribution >= 0.6 is 11.6 Å². The van der Waals surface area contributed by atoms with Gasteiger partial charge in [0.05, 0.1) is 28.2 Å². The van der Waals surface area contributed by atoms with Gasteiger partial charge in [0.1, 0.15) is 0 Å². The van der Waals surface area contributed by atoms with Gasteiger partial charge in [-0.05, 0) is 31.2 Å². The Morgan fingerprint density at radius 1 is 1.33 bits per heavy atom. The highest BCUT2D eigenvalue weighted by Crippen LogP contribution is 2.33. The molecular formula is C13H14ClF3N4. The van der Waals surface area contributed by atoms with Crippen LogP contribution in [0.5, 0.6) is 0 Å². The third-order valence-corrected chi connectivity index (χ3v) is 3.17. The molecule has 1 aromatic carbocycles. The third kappa shape index (κ3) is 3.74. The molecule has 0 bridgehead atoms. The number of aromatic nitrogens is 3. The highest BCUT2D eigenvalue weighted by atomic mass is 35.5. The highest BCUT2D eigenvalue weighted by molar-refractivity contribution is 6.32. The van der Waals surface area contributed by atoms with Gasteiger partial charge in [0.15, 0.2) is 0 Å². The van der Waals surface area contributed by atoms with Crippen molar-refractivity contribution < 1.29 is 13.2 Å². The molecule has 0 aliphatic heterocycles. The maximum absolute atomic E-state index is 12.8. The minimum Gasteiger partial charge on any atom is -0.311 e. The fourth-order valence-electron chi connectivity index (χ4n) is 1.82. The molecule has 1 N–H and O–H groups in total. The number of hydrogen-bond acceptors (Lipinski definition) is 3. The van der Waals surface area contributed by atoms with Gasteiger partial charge in [-0.3, -0.25) is 0 Å². The number of benzene rings is 1. The van der Waals surface area contributed by atoms with E-state index < -0.39 is 11.7 Å². The Kier molecular flexibility index (Phi) is 4.84. The van der Waals surface area contributed by atoms with Crippen molar-refractivity contribution in [2.45, 2.75) is 26.1 Å². The van der Waals surface area contributed by atoms with E-state index in [0.717, 1.165) is 25.1 Å². The summed E-state index contributed by atoms with van der Waals surface area (Å²) >= 11 is 5.99. The molecule has 0 saturated heterocycles. The molecule has 0 radical (unpaired) electrons. The molecule has 2 aromatic rings. The SMILES string of the molecule is CCCNCc1cnnn1-c1cc(C(F)(F)F)ccc1Cl. The van der Waals surface area contributed by atoms with Crippen LogP contribution in [0.4, 0.5) is 13.2 Å². The van der Waals surface area contributed by atoms with Crippen molar-refractivity contribution in [3.63, 3.8) is 0 Å². The quantitative estimate of drug-likeness (QED) is 0.859. The minimum atomic E-state index is -4.43. The Balaban J connectivity index is 2.36. The normalized spacial score (nSPS) is 11.9. The molecule has 0 atom stereocenters. The molecule has 1 aromatic heterocycles. The zero-order chi connectivity index (χ0) is 15.5. The maximum Gasteiger partial charge on any atom is 0.416 e. The van der Waals surface area contributed by atoms with Crippen LogP contribution in [0, 0.1) is 0 Å². The topological polar surface area (TPSA) is 42.7 Å². The first kappa shape index (κ1) is 15.8. The van der Waals surface area contributed by atoms with Crippen LogP contribution in [-0.2, 0) is 12.7 Å². The van der Waals surface area contributed by atoms with Crippen LogP contribution < -0.4 is 5.32 Å². The molecule has 0 amide bonds. The van der Waals surface area contributed by atoms with E-state index in [-0.39, 0.29) is 10.7 Å². The first-order chi connectivity index (χ1) is 9.93. The van der Waals surface area contributed by atoms with E-state index in [1.54, 1.807) is 0 Å². The smallest absolute Gasteiger partial charge is 0.311 e. The van der Waals surface area contributed by atoms with Gasteiger partial charge in [-0.15, -0.1) is 5.10 Å². The summed E-state index contributed by atoms with van der Waals surface area (Å²) in [4.78, 5) is 0. The Morgan fingerprint density at radius 3 is 2.76 bits per heavy atom. The lowest BCUT2D eigenvalue weighted by Gasteiger charge is -2.12. The molecule has 0 saturated carbocycles. The summed E-state index contributed by atoms with van der Waals surface area (Å²) in [5, 5.41) is 10.9. The zero-order valence-electron chi connectivity index (χ0n) is 11.3. The van der Waals surface area contributed by atoms with Crippen molar-refractivity contribution >= 4 is 11.6 Å². The summed E-state index contributed by atoms with van der Waals surface area (Å²) in [6, 6.07) is 3.13. The molecule has 2 rings (SSSR count). The lowest BCUT2D eigenvalue weighted by Crippen LogP contribution is -2.17. The first-order valence-electron chi connectivity index (χ1n) is 6.41. The van der Waals surface area contributed by atoms with Gasteiger partial charge in [-0.1, -0.05) is 23.7 Å². The predicted octanol–water partition coefficient (Wildman–Crippen LogP) is 3.44. The second-order valence-corrected chi connectivity index (χ2v) is 4.89. The molecule has 4 nitrogen and oxygen atoms in total. The van der Waals surface area contributed by atoms with Gasteiger partial charge < -0.3 is 5.32 Å². The summed E-state index contributed by atoms with van der Waals surface area (Å²) in [5.74, 6) is 0. The zero-order valence-corrected chi connectivity index (χ0v) is 12.0. The standard InChI is InChI=1S/C13H14ClF3N4/c1-2-5-18-7-10-8-19-20-21(10)12-6-9(13(15,16)17)3-4-11(12)14/h3-4,6,8,18H,2,5,7H2,1H3. The van der Waals surface area contributed by atoms with Gasteiger partial charge >= 0.3 is 6.18 Å². The molecule has 0 fully saturated rings. The molecule has 0 spiro atoms. The van der Waals surface area contributed by atoms with E-state index in [2.05, 4.69) is 15.6 Å². The van der Waals surface area contributed by atoms with Crippen LogP contribution in [0.3, 0.4) is 0 Å². The largest absolute Gasteiger partial charge is 0.416 e. The van der Waals surface area contributed by atoms with E-state index in [0.29, 0.717) is 12.2 Å². The Bertz CT molecular complexity index is 610. The molecule has 0 aliphatic carbocycles. The molecule has 114 valence electrons. The van der Waals surface area contributed by atoms with E-state index >= 15 is 0 Å². The first-order valence-corrected chi connectivity index (χ1v) is 6.78. The number of rotatable bonds is 5. The highest BCUT2D eigenvalue weighted by Gasteiger charge is 2.31. The average molecular weight is 319 g/mol. The lowest BCUT2D eigenvalue weighted by molar-refractivity contribution is -0.137. The van der Waals surface area contributed by atoms with Gasteiger partial charge in [-0.25, -0.2) is 4.68 Å². The number of hydrogen-bond donors (Lipinski definition) is 1. The van der Waals surface area contributed by atoms with Crippen LogP contribution in [0.15, 0.2) is 24.4 Å². The number of halogens is 4. The van der Waals surface area contributed by atoms with E-state index in [4.69, 9.17) is 11.6 Å². The second-order valence-electron chi connectivity index (χ2n) is 4.48. The molecule has 0 aliphatic rings. The van der Waals surface area contributed by atoms with Crippen LogP contribution in [0.2, 0.25) is 5.02 Å². The van der Waals surface area contributed by atoms with Crippen molar-refractivity contribution in [2.75, 3.05) is 6.54 Å². The Labute approximate surface area is 124 Å². The molecule has 21 heavy (non-hydrogen) atoms. The Morgan fingerprint density at radius 2 is 2.10 bits per heavy atom. The van der Waals surface area contributed by atoms with Crippen molar-refractivity contribution in [3.05, 3.63) is 40.7 Å². The summed E-state index contributed by atoms with van der Waals surface area (Å²) in [6.07, 6.45) is -1.98. The second kappa shape index (κ2) is 6.44. The van der Waals surface area contributed by atoms with Crippen molar-refractivity contribution in [3.8, 4) is 5.69 Å². The van der Waals surface area contributed by atoms with Gasteiger partial charge in [-0.2, -0.15) is 13.2 Å². The molecule has 1 heterocycles. The monoisotopic (exact) mass is 318 g/mol. The summed E-state index contributed by atoms with van der Waals surface area (Å²) < 4.78 is 39.7. The Hall–Kier alpha value is -1.60. The van der Waals surface area contributed by atoms with Crippen molar-refractivity contribution in [2.24, 2.45) is 0 Å². The number of nitrogens with one attached hydrogen (secondary N) is 1. The summed E-state index contributed by atoms with van der Waals surface area (Å²) in [7, 11) is 0. The van der Waals surface area contributed by atoms with Gasteiger partial charge in [0, 0.05) is 6.54 Å². The number of nitrogens with zero attached hydrogens (tertiary/aromatic N) is 3. The van der Waals surface area contributed by atoms with Crippen LogP contribution in [-0.4, -0.2) is 21.5 Å². The van der Waals surface area contributed by atoms with Gasteiger partial charge in [0.25, 0.3) is 0 Å².